The number of aliphatic hydroxyl groups excluding tert-OH is 1. The number of aliphatic hydroxyl groups is 1. The molecular formula is C23H21N7O. The van der Waals surface area contributed by atoms with Crippen molar-refractivity contribution in [1.29, 1.82) is 0 Å². The number of rotatable bonds is 3. The van der Waals surface area contributed by atoms with Crippen LogP contribution >= 0.6 is 0 Å². The number of pyridine rings is 1. The van der Waals surface area contributed by atoms with Gasteiger partial charge in [0.25, 0.3) is 0 Å². The highest BCUT2D eigenvalue weighted by molar-refractivity contribution is 5.53. The lowest BCUT2D eigenvalue weighted by atomic mass is 9.93. The Morgan fingerprint density at radius 1 is 0.968 bits per heavy atom. The minimum atomic E-state index is -0.190. The smallest absolute Gasteiger partial charge is 0.223 e. The van der Waals surface area contributed by atoms with Crippen LogP contribution in [0.1, 0.15) is 36.9 Å². The second kappa shape index (κ2) is 8.50. The Morgan fingerprint density at radius 3 is 2.74 bits per heavy atom. The SMILES string of the molecule is O[C@H]1CC[C@@H](Nc2nccc(-c3nccc(C#Cc4ccc5cncn5c4)n3)n2)CC1. The third-order valence-electron chi connectivity index (χ3n) is 5.31. The number of nitrogens with zero attached hydrogens (tertiary/aromatic N) is 6. The molecule has 8 nitrogen and oxygen atoms in total. The normalized spacial score (nSPS) is 18.4. The van der Waals surface area contributed by atoms with Crippen molar-refractivity contribution in [2.24, 2.45) is 0 Å². The van der Waals surface area contributed by atoms with Crippen molar-refractivity contribution in [1.82, 2.24) is 29.3 Å². The van der Waals surface area contributed by atoms with Gasteiger partial charge in [-0.25, -0.2) is 24.9 Å². The Hall–Kier alpha value is -3.83. The van der Waals surface area contributed by atoms with E-state index in [0.717, 1.165) is 36.8 Å². The van der Waals surface area contributed by atoms with E-state index in [1.807, 2.05) is 22.7 Å². The molecule has 0 atom stereocenters. The molecule has 0 aliphatic heterocycles. The second-order valence-electron chi connectivity index (χ2n) is 7.57. The molecule has 1 fully saturated rings. The summed E-state index contributed by atoms with van der Waals surface area (Å²) in [4.78, 5) is 21.9. The summed E-state index contributed by atoms with van der Waals surface area (Å²) in [5.41, 5.74) is 3.14. The third-order valence-corrected chi connectivity index (χ3v) is 5.31. The Morgan fingerprint density at radius 2 is 1.84 bits per heavy atom. The van der Waals surface area contributed by atoms with Gasteiger partial charge in [0.05, 0.1) is 24.1 Å². The van der Waals surface area contributed by atoms with Crippen molar-refractivity contribution in [3.8, 4) is 23.4 Å². The summed E-state index contributed by atoms with van der Waals surface area (Å²) < 4.78 is 1.93. The molecule has 4 aromatic heterocycles. The Labute approximate surface area is 179 Å². The van der Waals surface area contributed by atoms with Gasteiger partial charge in [-0.2, -0.15) is 0 Å². The molecule has 8 heteroatoms. The number of anilines is 1. The largest absolute Gasteiger partial charge is 0.393 e. The van der Waals surface area contributed by atoms with E-state index in [-0.39, 0.29) is 12.1 Å². The summed E-state index contributed by atoms with van der Waals surface area (Å²) in [6.07, 6.45) is 12.1. The van der Waals surface area contributed by atoms with Gasteiger partial charge < -0.3 is 14.8 Å². The fourth-order valence-corrected chi connectivity index (χ4v) is 3.64. The summed E-state index contributed by atoms with van der Waals surface area (Å²) in [6.45, 7) is 0. The lowest BCUT2D eigenvalue weighted by Gasteiger charge is -2.26. The first-order valence-electron chi connectivity index (χ1n) is 10.3. The van der Waals surface area contributed by atoms with Gasteiger partial charge in [0.15, 0.2) is 5.82 Å². The van der Waals surface area contributed by atoms with Crippen LogP contribution < -0.4 is 5.32 Å². The summed E-state index contributed by atoms with van der Waals surface area (Å²) in [6, 6.07) is 7.77. The predicted molar refractivity (Wildman–Crippen MR) is 116 cm³/mol. The minimum absolute atomic E-state index is 0.190. The highest BCUT2D eigenvalue weighted by Gasteiger charge is 2.20. The number of hydrogen-bond acceptors (Lipinski definition) is 7. The molecule has 1 saturated carbocycles. The third kappa shape index (κ3) is 4.52. The molecule has 0 bridgehead atoms. The number of fused-ring (bicyclic) bond motifs is 1. The molecule has 4 heterocycles. The van der Waals surface area contributed by atoms with Crippen molar-refractivity contribution in [3.05, 3.63) is 66.6 Å². The first kappa shape index (κ1) is 19.2. The zero-order valence-corrected chi connectivity index (χ0v) is 16.8. The van der Waals surface area contributed by atoms with E-state index in [4.69, 9.17) is 0 Å². The van der Waals surface area contributed by atoms with Crippen LogP contribution in [0.25, 0.3) is 17.0 Å². The number of nitrogens with one attached hydrogen (secondary N) is 1. The van der Waals surface area contributed by atoms with E-state index in [9.17, 15) is 5.11 Å². The van der Waals surface area contributed by atoms with E-state index in [1.54, 1.807) is 37.1 Å². The van der Waals surface area contributed by atoms with Crippen LogP contribution in [-0.4, -0.2) is 46.6 Å². The monoisotopic (exact) mass is 411 g/mol. The standard InChI is InChI=1S/C23H21N7O/c31-20-7-4-17(5-8-20)28-23-26-12-10-21(29-23)22-25-11-9-18(27-22)3-1-16-2-6-19-13-24-15-30(19)14-16/h2,6,9-15,17,20,31H,4-5,7-8H2,(H,26,28,29)/t17-,20+. The molecule has 0 unspecified atom stereocenters. The summed E-state index contributed by atoms with van der Waals surface area (Å²) >= 11 is 0. The van der Waals surface area contributed by atoms with Crippen molar-refractivity contribution < 1.29 is 5.11 Å². The highest BCUT2D eigenvalue weighted by atomic mass is 16.3. The molecule has 0 aromatic carbocycles. The molecule has 0 amide bonds. The second-order valence-corrected chi connectivity index (χ2v) is 7.57. The first-order chi connectivity index (χ1) is 15.2. The molecule has 154 valence electrons. The lowest BCUT2D eigenvalue weighted by molar-refractivity contribution is 0.126. The van der Waals surface area contributed by atoms with E-state index >= 15 is 0 Å². The highest BCUT2D eigenvalue weighted by Crippen LogP contribution is 2.21. The van der Waals surface area contributed by atoms with Gasteiger partial charge in [-0.15, -0.1) is 0 Å². The molecular weight excluding hydrogens is 390 g/mol. The summed E-state index contributed by atoms with van der Waals surface area (Å²) in [5, 5.41) is 13.0. The summed E-state index contributed by atoms with van der Waals surface area (Å²) in [7, 11) is 0. The van der Waals surface area contributed by atoms with Crippen molar-refractivity contribution in [2.45, 2.75) is 37.8 Å². The summed E-state index contributed by atoms with van der Waals surface area (Å²) in [5.74, 6) is 7.28. The van der Waals surface area contributed by atoms with Gasteiger partial charge >= 0.3 is 0 Å². The van der Waals surface area contributed by atoms with Gasteiger partial charge in [0, 0.05) is 30.2 Å². The van der Waals surface area contributed by atoms with E-state index in [0.29, 0.717) is 23.2 Å². The van der Waals surface area contributed by atoms with Crippen LogP contribution in [0.2, 0.25) is 0 Å². The molecule has 31 heavy (non-hydrogen) atoms. The maximum Gasteiger partial charge on any atom is 0.223 e. The molecule has 0 radical (unpaired) electrons. The number of aromatic nitrogens is 6. The van der Waals surface area contributed by atoms with Crippen LogP contribution in [0.3, 0.4) is 0 Å². The molecule has 2 N–H and O–H groups in total. The van der Waals surface area contributed by atoms with Crippen LogP contribution in [0.15, 0.2) is 55.4 Å². The molecule has 5 rings (SSSR count). The topological polar surface area (TPSA) is 101 Å². The molecule has 0 spiro atoms. The maximum absolute atomic E-state index is 9.67. The van der Waals surface area contributed by atoms with Gasteiger partial charge in [-0.3, -0.25) is 0 Å². The maximum atomic E-state index is 9.67. The molecule has 1 aliphatic rings. The minimum Gasteiger partial charge on any atom is -0.393 e. The lowest BCUT2D eigenvalue weighted by Crippen LogP contribution is -2.28. The van der Waals surface area contributed by atoms with Crippen LogP contribution in [-0.2, 0) is 0 Å². The fourth-order valence-electron chi connectivity index (χ4n) is 3.64. The van der Waals surface area contributed by atoms with E-state index in [1.165, 1.54) is 0 Å². The van der Waals surface area contributed by atoms with Gasteiger partial charge in [-0.05, 0) is 55.9 Å². The number of imidazole rings is 1. The Kier molecular flexibility index (Phi) is 5.25. The van der Waals surface area contributed by atoms with Crippen LogP contribution in [0.4, 0.5) is 5.95 Å². The Bertz CT molecular complexity index is 1270. The fraction of sp³-hybridized carbons (Fsp3) is 0.261. The zero-order valence-electron chi connectivity index (χ0n) is 16.8. The van der Waals surface area contributed by atoms with Gasteiger partial charge in [-0.1, -0.05) is 5.92 Å². The van der Waals surface area contributed by atoms with Crippen molar-refractivity contribution in [3.63, 3.8) is 0 Å². The molecule has 4 aromatic rings. The van der Waals surface area contributed by atoms with Gasteiger partial charge in [0.2, 0.25) is 5.95 Å². The molecule has 1 aliphatic carbocycles. The van der Waals surface area contributed by atoms with Crippen molar-refractivity contribution >= 4 is 11.5 Å². The van der Waals surface area contributed by atoms with Crippen molar-refractivity contribution in [2.75, 3.05) is 5.32 Å². The van der Waals surface area contributed by atoms with Crippen LogP contribution in [0, 0.1) is 11.8 Å². The first-order valence-corrected chi connectivity index (χ1v) is 10.3. The van der Waals surface area contributed by atoms with E-state index < -0.39 is 0 Å². The Balaban J connectivity index is 1.34. The van der Waals surface area contributed by atoms with Gasteiger partial charge in [0.1, 0.15) is 11.4 Å². The molecule has 0 saturated heterocycles. The average Bonchev–Trinajstić information content (AvgIpc) is 3.28. The van der Waals surface area contributed by atoms with Crippen LogP contribution in [0.5, 0.6) is 0 Å². The predicted octanol–water partition coefficient (Wildman–Crippen LogP) is 2.70. The average molecular weight is 411 g/mol. The quantitative estimate of drug-likeness (QED) is 0.500. The van der Waals surface area contributed by atoms with E-state index in [2.05, 4.69) is 42.1 Å². The number of hydrogen-bond donors (Lipinski definition) is 2. The zero-order chi connectivity index (χ0) is 21.0.